The molecule has 2 aromatic carbocycles. The fourth-order valence-corrected chi connectivity index (χ4v) is 6.34. The summed E-state index contributed by atoms with van der Waals surface area (Å²) in [5.41, 5.74) is 7.02. The molecule has 0 spiro atoms. The minimum Gasteiger partial charge on any atom is -0.488 e. The van der Waals surface area contributed by atoms with Crippen molar-refractivity contribution in [2.45, 2.75) is 45.4 Å². The molecule has 194 valence electrons. The van der Waals surface area contributed by atoms with Crippen molar-refractivity contribution in [3.63, 3.8) is 0 Å². The van der Waals surface area contributed by atoms with Gasteiger partial charge in [0.05, 0.1) is 30.9 Å². The third kappa shape index (κ3) is 5.23. The molecule has 3 aromatic rings. The van der Waals surface area contributed by atoms with Gasteiger partial charge in [0.25, 0.3) is 0 Å². The summed E-state index contributed by atoms with van der Waals surface area (Å²) in [6, 6.07) is 13.5. The number of ether oxygens (including phenoxy) is 2. The minimum absolute atomic E-state index is 0.328. The lowest BCUT2D eigenvalue weighted by Crippen LogP contribution is -2.50. The monoisotopic (exact) mass is 519 g/mol. The van der Waals surface area contributed by atoms with Gasteiger partial charge in [-0.15, -0.1) is 11.3 Å². The Balaban J connectivity index is 1.16. The Bertz CT molecular complexity index is 1290. The highest BCUT2D eigenvalue weighted by atomic mass is 32.1. The van der Waals surface area contributed by atoms with Gasteiger partial charge in [-0.2, -0.15) is 0 Å². The first-order valence-electron chi connectivity index (χ1n) is 13.1. The fourth-order valence-electron chi connectivity index (χ4n) is 5.48. The summed E-state index contributed by atoms with van der Waals surface area (Å²) < 4.78 is 11.7. The van der Waals surface area contributed by atoms with Crippen LogP contribution in [0.25, 0.3) is 11.3 Å². The van der Waals surface area contributed by atoms with Crippen LogP contribution in [0.1, 0.15) is 35.1 Å². The van der Waals surface area contributed by atoms with Crippen molar-refractivity contribution in [3.8, 4) is 17.0 Å². The van der Waals surface area contributed by atoms with E-state index < -0.39 is 5.97 Å². The predicted molar refractivity (Wildman–Crippen MR) is 144 cm³/mol. The quantitative estimate of drug-likeness (QED) is 0.483. The number of carbonyl (C=O) groups is 1. The molecule has 0 unspecified atom stereocenters. The summed E-state index contributed by atoms with van der Waals surface area (Å²) in [6.45, 7) is 7.76. The Morgan fingerprint density at radius 2 is 2.08 bits per heavy atom. The van der Waals surface area contributed by atoms with Gasteiger partial charge in [0, 0.05) is 37.1 Å². The average Bonchev–Trinajstić information content (AvgIpc) is 3.37. The second kappa shape index (κ2) is 10.4. The Morgan fingerprint density at radius 1 is 1.19 bits per heavy atom. The van der Waals surface area contributed by atoms with Crippen LogP contribution in [0.2, 0.25) is 0 Å². The largest absolute Gasteiger partial charge is 0.488 e. The number of hydrogen-bond acceptors (Lipinski definition) is 7. The number of thiazole rings is 1. The highest BCUT2D eigenvalue weighted by molar-refractivity contribution is 7.14. The van der Waals surface area contributed by atoms with E-state index in [4.69, 9.17) is 14.5 Å². The maximum Gasteiger partial charge on any atom is 0.308 e. The van der Waals surface area contributed by atoms with Crippen LogP contribution in [-0.4, -0.2) is 59.8 Å². The normalized spacial score (nSPS) is 20.4. The molecular formula is C29H33N3O4S. The zero-order valence-corrected chi connectivity index (χ0v) is 22.0. The molecule has 3 aliphatic heterocycles. The molecule has 0 bridgehead atoms. The van der Waals surface area contributed by atoms with E-state index >= 15 is 0 Å². The lowest BCUT2D eigenvalue weighted by Gasteiger charge is -2.40. The summed E-state index contributed by atoms with van der Waals surface area (Å²) in [5, 5.41) is 12.4. The van der Waals surface area contributed by atoms with E-state index in [0.717, 1.165) is 79.8 Å². The van der Waals surface area contributed by atoms with Crippen LogP contribution >= 0.6 is 11.3 Å². The highest BCUT2D eigenvalue weighted by Gasteiger charge is 2.29. The van der Waals surface area contributed by atoms with Crippen LogP contribution < -0.4 is 9.64 Å². The molecule has 0 amide bonds. The number of aryl methyl sites for hydroxylation is 1. The number of nitrogens with zero attached hydrogens (tertiary/aromatic N) is 3. The predicted octanol–water partition coefficient (Wildman–Crippen LogP) is 4.76. The Labute approximate surface area is 221 Å². The third-order valence-electron chi connectivity index (χ3n) is 7.79. The SMILES string of the molecule is Cc1ccc(OCc2ccc3c(c2)CCN(C2COC2)C3)c(-c2csc(N3CCC[C@H](C(=O)O)C3)n2)c1. The maximum atomic E-state index is 11.5. The van der Waals surface area contributed by atoms with Gasteiger partial charge < -0.3 is 19.5 Å². The molecule has 6 rings (SSSR count). The van der Waals surface area contributed by atoms with Crippen molar-refractivity contribution in [1.82, 2.24) is 9.88 Å². The molecule has 8 heteroatoms. The number of piperidine rings is 1. The fraction of sp³-hybridized carbons (Fsp3) is 0.448. The highest BCUT2D eigenvalue weighted by Crippen LogP contribution is 2.36. The Hall–Kier alpha value is -2.94. The first-order chi connectivity index (χ1) is 18.0. The van der Waals surface area contributed by atoms with Crippen molar-refractivity contribution >= 4 is 22.4 Å². The van der Waals surface area contributed by atoms with Crippen molar-refractivity contribution in [3.05, 3.63) is 64.0 Å². The van der Waals surface area contributed by atoms with E-state index in [1.54, 1.807) is 11.3 Å². The molecule has 2 fully saturated rings. The topological polar surface area (TPSA) is 75.1 Å². The van der Waals surface area contributed by atoms with E-state index in [1.807, 2.05) is 6.07 Å². The van der Waals surface area contributed by atoms with Gasteiger partial charge in [0.15, 0.2) is 5.13 Å². The van der Waals surface area contributed by atoms with Gasteiger partial charge in [-0.3, -0.25) is 9.69 Å². The zero-order valence-electron chi connectivity index (χ0n) is 21.2. The van der Waals surface area contributed by atoms with Crippen LogP contribution in [-0.2, 0) is 29.1 Å². The number of rotatable bonds is 7. The second-order valence-corrected chi connectivity index (χ2v) is 11.3. The molecular weight excluding hydrogens is 486 g/mol. The lowest BCUT2D eigenvalue weighted by atomic mass is 9.96. The summed E-state index contributed by atoms with van der Waals surface area (Å²) in [4.78, 5) is 21.0. The van der Waals surface area contributed by atoms with Crippen molar-refractivity contribution in [1.29, 1.82) is 0 Å². The van der Waals surface area contributed by atoms with Crippen LogP contribution in [0.3, 0.4) is 0 Å². The molecule has 37 heavy (non-hydrogen) atoms. The molecule has 0 aliphatic carbocycles. The average molecular weight is 520 g/mol. The van der Waals surface area contributed by atoms with Crippen LogP contribution in [0.5, 0.6) is 5.75 Å². The number of carboxylic acids is 1. The molecule has 1 aromatic heterocycles. The molecule has 1 N–H and O–H groups in total. The Kier molecular flexibility index (Phi) is 6.88. The van der Waals surface area contributed by atoms with Crippen molar-refractivity contribution < 1.29 is 19.4 Å². The number of aliphatic carboxylic acids is 1. The van der Waals surface area contributed by atoms with E-state index in [0.29, 0.717) is 19.2 Å². The maximum absolute atomic E-state index is 11.5. The van der Waals surface area contributed by atoms with Crippen LogP contribution in [0, 0.1) is 12.8 Å². The number of benzene rings is 2. The zero-order chi connectivity index (χ0) is 25.4. The third-order valence-corrected chi connectivity index (χ3v) is 8.69. The number of hydrogen-bond donors (Lipinski definition) is 1. The molecule has 2 saturated heterocycles. The summed E-state index contributed by atoms with van der Waals surface area (Å²) in [7, 11) is 0. The first kappa shape index (κ1) is 24.4. The van der Waals surface area contributed by atoms with Crippen molar-refractivity contribution in [2.24, 2.45) is 5.92 Å². The van der Waals surface area contributed by atoms with E-state index in [1.165, 1.54) is 16.7 Å². The van der Waals surface area contributed by atoms with Gasteiger partial charge in [-0.1, -0.05) is 29.8 Å². The summed E-state index contributed by atoms with van der Waals surface area (Å²) >= 11 is 1.57. The molecule has 3 aliphatic rings. The molecule has 0 radical (unpaired) electrons. The second-order valence-electron chi connectivity index (χ2n) is 10.4. The van der Waals surface area contributed by atoms with E-state index in [2.05, 4.69) is 52.4 Å². The number of carboxylic acid groups (broad SMARTS) is 1. The van der Waals surface area contributed by atoms with Gasteiger partial charge in [0.1, 0.15) is 12.4 Å². The van der Waals surface area contributed by atoms with Gasteiger partial charge >= 0.3 is 5.97 Å². The number of aromatic nitrogens is 1. The standard InChI is InChI=1S/C29H33N3O4S/c1-19-4-7-27(25(11-19)26-18-37-29(30-26)32-9-2-3-23(14-32)28(33)34)36-15-20-5-6-22-13-31(24-16-35-17-24)10-8-21(22)12-20/h4-7,11-12,18,23-24H,2-3,8-10,13-17H2,1H3,(H,33,34)/t23-/m0/s1. The summed E-state index contributed by atoms with van der Waals surface area (Å²) in [5.74, 6) is -0.229. The number of anilines is 1. The van der Waals surface area contributed by atoms with E-state index in [9.17, 15) is 9.90 Å². The number of fused-ring (bicyclic) bond motifs is 1. The first-order valence-corrected chi connectivity index (χ1v) is 14.0. The minimum atomic E-state index is -0.719. The van der Waals surface area contributed by atoms with Gasteiger partial charge in [0.2, 0.25) is 0 Å². The van der Waals surface area contributed by atoms with Crippen molar-refractivity contribution in [2.75, 3.05) is 37.7 Å². The van der Waals surface area contributed by atoms with E-state index in [-0.39, 0.29) is 5.92 Å². The van der Waals surface area contributed by atoms with Crippen LogP contribution in [0.15, 0.2) is 41.8 Å². The molecule has 4 heterocycles. The lowest BCUT2D eigenvalue weighted by molar-refractivity contribution is -0.141. The molecule has 1 atom stereocenters. The molecule has 7 nitrogen and oxygen atoms in total. The van der Waals surface area contributed by atoms with Gasteiger partial charge in [-0.25, -0.2) is 4.98 Å². The van der Waals surface area contributed by atoms with Gasteiger partial charge in [-0.05, 0) is 55.0 Å². The Morgan fingerprint density at radius 3 is 2.89 bits per heavy atom. The smallest absolute Gasteiger partial charge is 0.308 e. The van der Waals surface area contributed by atoms with Crippen LogP contribution in [0.4, 0.5) is 5.13 Å². The summed E-state index contributed by atoms with van der Waals surface area (Å²) in [6.07, 6.45) is 2.67. The molecule has 0 saturated carbocycles.